The fourth-order valence-corrected chi connectivity index (χ4v) is 1.16. The molecule has 0 aromatic heterocycles. The van der Waals surface area contributed by atoms with E-state index in [1.807, 2.05) is 81.4 Å². The molecule has 0 nitrogen and oxygen atoms in total. The molecule has 0 N–H and O–H groups in total. The Kier molecular flexibility index (Phi) is 27.4. The van der Waals surface area contributed by atoms with Crippen LogP contribution in [-0.4, -0.2) is 7.63 Å². The average Bonchev–Trinajstić information content (AvgIpc) is 3.20. The van der Waals surface area contributed by atoms with Gasteiger partial charge >= 0.3 is 26.8 Å². The van der Waals surface area contributed by atoms with Crippen LogP contribution >= 0.6 is 34.0 Å². The Morgan fingerprint density at radius 2 is 1.29 bits per heavy atom. The minimum atomic E-state index is 0. The molecular weight excluding hydrogens is 440 g/mol. The topological polar surface area (TPSA) is 0 Å². The molecule has 21 heavy (non-hydrogen) atoms. The molecule has 1 aromatic rings. The molecule has 0 spiro atoms. The van der Waals surface area contributed by atoms with Gasteiger partial charge in [0.1, 0.15) is 0 Å². The predicted octanol–water partition coefficient (Wildman–Crippen LogP) is 4.72. The Labute approximate surface area is 164 Å². The number of rotatable bonds is 0. The van der Waals surface area contributed by atoms with Crippen LogP contribution in [-0.2, 0) is 19.2 Å². The second-order valence-electron chi connectivity index (χ2n) is 3.49. The number of allylic oxidation sites excluding steroid dienone is 8. The fraction of sp³-hybridized carbons (Fsp3) is 0.118. The van der Waals surface area contributed by atoms with E-state index in [4.69, 9.17) is 0 Å². The van der Waals surface area contributed by atoms with Gasteiger partial charge in [-0.1, -0.05) is 6.07 Å². The van der Waals surface area contributed by atoms with Crippen molar-refractivity contribution in [1.82, 2.24) is 0 Å². The number of halogens is 2. The first kappa shape index (κ1) is 25.9. The summed E-state index contributed by atoms with van der Waals surface area (Å²) in [7, 11) is 1.86. The summed E-state index contributed by atoms with van der Waals surface area (Å²) in [5.74, 6) is 0. The van der Waals surface area contributed by atoms with Crippen molar-refractivity contribution in [2.24, 2.45) is 0 Å². The Hall–Kier alpha value is -0.0588. The van der Waals surface area contributed by atoms with E-state index in [1.54, 1.807) is 0 Å². The zero-order valence-corrected chi connectivity index (χ0v) is 18.4. The quantitative estimate of drug-likeness (QED) is 0.388. The van der Waals surface area contributed by atoms with Crippen molar-refractivity contribution in [3.05, 3.63) is 91.4 Å². The van der Waals surface area contributed by atoms with E-state index in [0.29, 0.717) is 0 Å². The summed E-state index contributed by atoms with van der Waals surface area (Å²) in [6, 6.07) is 9.87. The van der Waals surface area contributed by atoms with Gasteiger partial charge in [-0.25, -0.2) is 24.3 Å². The Morgan fingerprint density at radius 3 is 1.43 bits per heavy atom. The predicted molar refractivity (Wildman–Crippen MR) is 103 cm³/mol. The maximum absolute atomic E-state index is 3.72. The van der Waals surface area contributed by atoms with Crippen LogP contribution in [0.3, 0.4) is 0 Å². The Balaban J connectivity index is -0.000000212. The molecule has 0 saturated heterocycles. The Bertz CT molecular complexity index is 384. The summed E-state index contributed by atoms with van der Waals surface area (Å²) >= 11 is 2.03. The van der Waals surface area contributed by atoms with Crippen molar-refractivity contribution < 1.29 is 19.2 Å². The summed E-state index contributed by atoms with van der Waals surface area (Å²) in [4.78, 5) is 0. The number of hydrogen-bond donors (Lipinski definition) is 0. The minimum absolute atomic E-state index is 0. The average molecular weight is 461 g/mol. The van der Waals surface area contributed by atoms with Crippen molar-refractivity contribution in [1.29, 1.82) is 0 Å². The zero-order valence-electron chi connectivity index (χ0n) is 12.0. The van der Waals surface area contributed by atoms with Gasteiger partial charge in [-0.3, -0.25) is 12.2 Å². The molecule has 0 saturated carbocycles. The SMILES string of the molecule is Br.Br.[C-]1=CC=CC1.[C-]1=CC=CC1.[CH2-]c1ccccc1.[SiH2]=[Ti]. The molecule has 0 aliphatic heterocycles. The first-order chi connectivity index (χ1) is 9.39. The molecule has 0 amide bonds. The molecular formula is C17H21Br2SiTi-3. The molecule has 2 aliphatic carbocycles. The van der Waals surface area contributed by atoms with Gasteiger partial charge in [0.05, 0.1) is 0 Å². The molecule has 0 heterocycles. The zero-order chi connectivity index (χ0) is 14.2. The first-order valence-electron chi connectivity index (χ1n) is 6.05. The third-order valence-electron chi connectivity index (χ3n) is 2.01. The van der Waals surface area contributed by atoms with Crippen molar-refractivity contribution in [2.45, 2.75) is 12.8 Å². The van der Waals surface area contributed by atoms with Crippen molar-refractivity contribution >= 4 is 41.6 Å². The van der Waals surface area contributed by atoms with Gasteiger partial charge in [-0.2, -0.15) is 36.8 Å². The van der Waals surface area contributed by atoms with E-state index in [-0.39, 0.29) is 34.0 Å². The molecule has 0 radical (unpaired) electrons. The van der Waals surface area contributed by atoms with Crippen LogP contribution in [0, 0.1) is 19.1 Å². The van der Waals surface area contributed by atoms with Gasteiger partial charge in [-0.15, -0.1) is 58.9 Å². The molecule has 3 rings (SSSR count). The summed E-state index contributed by atoms with van der Waals surface area (Å²) in [5, 5.41) is 0. The molecule has 114 valence electrons. The number of hydrogen-bond acceptors (Lipinski definition) is 0. The van der Waals surface area contributed by atoms with Crippen LogP contribution in [0.4, 0.5) is 0 Å². The van der Waals surface area contributed by atoms with Gasteiger partial charge in [-0.05, 0) is 0 Å². The van der Waals surface area contributed by atoms with Crippen molar-refractivity contribution in [3.8, 4) is 0 Å². The van der Waals surface area contributed by atoms with E-state index in [1.165, 1.54) is 0 Å². The van der Waals surface area contributed by atoms with Crippen LogP contribution in [0.15, 0.2) is 66.8 Å². The normalized spacial score (nSPS) is 11.4. The van der Waals surface area contributed by atoms with Crippen molar-refractivity contribution in [3.63, 3.8) is 0 Å². The van der Waals surface area contributed by atoms with Crippen molar-refractivity contribution in [2.75, 3.05) is 0 Å². The third kappa shape index (κ3) is 19.9. The molecule has 0 bridgehead atoms. The molecule has 4 heteroatoms. The Morgan fingerprint density at radius 1 is 0.857 bits per heavy atom. The van der Waals surface area contributed by atoms with Crippen LogP contribution in [0.1, 0.15) is 18.4 Å². The van der Waals surface area contributed by atoms with E-state index in [9.17, 15) is 0 Å². The second-order valence-corrected chi connectivity index (χ2v) is 3.49. The van der Waals surface area contributed by atoms with E-state index < -0.39 is 0 Å². The molecule has 0 fully saturated rings. The van der Waals surface area contributed by atoms with Gasteiger partial charge in [0.2, 0.25) is 0 Å². The maximum atomic E-state index is 3.72. The summed E-state index contributed by atoms with van der Waals surface area (Å²) in [6.07, 6.45) is 20.0. The molecule has 0 atom stereocenters. The van der Waals surface area contributed by atoms with Crippen LogP contribution in [0.5, 0.6) is 0 Å². The van der Waals surface area contributed by atoms with Gasteiger partial charge in [0.25, 0.3) is 0 Å². The van der Waals surface area contributed by atoms with Crippen LogP contribution in [0.25, 0.3) is 0 Å². The first-order valence-corrected chi connectivity index (χ1v) is 10.1. The van der Waals surface area contributed by atoms with E-state index >= 15 is 0 Å². The van der Waals surface area contributed by atoms with Crippen LogP contribution in [0.2, 0.25) is 0 Å². The summed E-state index contributed by atoms with van der Waals surface area (Å²) < 4.78 is 0. The summed E-state index contributed by atoms with van der Waals surface area (Å²) in [5.41, 5.74) is 1.07. The molecule has 1 aromatic carbocycles. The third-order valence-corrected chi connectivity index (χ3v) is 2.01. The summed E-state index contributed by atoms with van der Waals surface area (Å²) in [6.45, 7) is 3.72. The second kappa shape index (κ2) is 22.2. The van der Waals surface area contributed by atoms with E-state index in [2.05, 4.69) is 31.2 Å². The van der Waals surface area contributed by atoms with Gasteiger partial charge in [0.15, 0.2) is 0 Å². The standard InChI is InChI=1S/C7H7.2C5H5.2BrH.H2Si.Ti/c1-7-5-3-2-4-6-7;2*1-2-4-5-3-1;;;;/h2-6H,1H2;2*1-3H,4H2;2*1H;1H2;/q3*-1;;;;. The fourth-order valence-electron chi connectivity index (χ4n) is 1.16. The molecule has 2 aliphatic rings. The monoisotopic (exact) mass is 459 g/mol. The van der Waals surface area contributed by atoms with Gasteiger partial charge < -0.3 is 0 Å². The molecule has 0 unspecified atom stereocenters. The van der Waals surface area contributed by atoms with Gasteiger partial charge in [0, 0.05) is 0 Å². The van der Waals surface area contributed by atoms with E-state index in [0.717, 1.165) is 18.4 Å². The number of benzene rings is 1. The van der Waals surface area contributed by atoms with Crippen LogP contribution < -0.4 is 0 Å².